The van der Waals surface area contributed by atoms with E-state index in [2.05, 4.69) is 86.6 Å². The molecular weight excluding hydrogens is 493 g/mol. The van der Waals surface area contributed by atoms with E-state index < -0.39 is 6.51 Å². The van der Waals surface area contributed by atoms with Gasteiger partial charge in [-0.2, -0.15) is 0 Å². The van der Waals surface area contributed by atoms with E-state index in [1.54, 1.807) is 10.6 Å². The Hall–Kier alpha value is -0.171. The van der Waals surface area contributed by atoms with E-state index in [0.29, 0.717) is 0 Å². The molecule has 156 valence electrons. The molecule has 10 aliphatic heterocycles. The Morgan fingerprint density at radius 3 is 1.73 bits per heavy atom. The fraction of sp³-hybridized carbons (Fsp3) is 0.538. The zero-order valence-corrected chi connectivity index (χ0v) is 21.1. The molecule has 10 atom stereocenters. The average molecular weight is 520 g/mol. The Bertz CT molecular complexity index is 1690. The van der Waals surface area contributed by atoms with Crippen molar-refractivity contribution in [3.8, 4) is 0 Å². The van der Waals surface area contributed by atoms with Crippen LogP contribution in [-0.2, 0) is 6.51 Å². The summed E-state index contributed by atoms with van der Waals surface area (Å²) in [5.41, 5.74) is 0. The number of rotatable bonds is 5. The third kappa shape index (κ3) is 0.256. The fourth-order valence-corrected chi connectivity index (χ4v) is 126. The summed E-state index contributed by atoms with van der Waals surface area (Å²) < 4.78 is 2.25. The molecule has 10 aliphatic rings. The van der Waals surface area contributed by atoms with Gasteiger partial charge in [-0.25, -0.2) is 0 Å². The zero-order chi connectivity index (χ0) is 19.8. The van der Waals surface area contributed by atoms with Crippen molar-refractivity contribution in [3.05, 3.63) is 60.7 Å². The third-order valence-corrected chi connectivity index (χ3v) is 76.1. The minimum absolute atomic E-state index is 0.263. The molecule has 1 spiro atoms. The van der Waals surface area contributed by atoms with Crippen LogP contribution in [0.15, 0.2) is 60.7 Å². The first-order valence-electron chi connectivity index (χ1n) is 11.7. The Morgan fingerprint density at radius 2 is 1.37 bits per heavy atom. The van der Waals surface area contributed by atoms with Gasteiger partial charge in [0.1, 0.15) is 0 Å². The average Bonchev–Trinajstić information content (AvgIpc) is 3.72. The van der Waals surface area contributed by atoms with Crippen LogP contribution in [0.1, 0.15) is 6.92 Å². The normalized spacial score (nSPS) is 78.9. The molecule has 2 aromatic carbocycles. The van der Waals surface area contributed by atoms with Crippen LogP contribution in [0.25, 0.3) is 0 Å². The van der Waals surface area contributed by atoms with Gasteiger partial charge in [-0.3, -0.25) is 0 Å². The van der Waals surface area contributed by atoms with Crippen molar-refractivity contribution < 1.29 is 6.51 Å². The SMILES string of the molecule is C[C@@H](N(C)C)[C@@]12[CH]3[CH]4[CH]5[C]1(P(c1ccccc1)c1ccccc1)[Fe]45321678[CH]2[CH]1[CH]6[C]7(Br)[CH]28. The first-order chi connectivity index (χ1) is 14.3. The molecule has 0 N–H and O–H groups in total. The van der Waals surface area contributed by atoms with E-state index in [0.717, 1.165) is 17.6 Å². The molecule has 2 aromatic rings. The van der Waals surface area contributed by atoms with Gasteiger partial charge in [-0.1, -0.05) is 0 Å². The Labute approximate surface area is 178 Å². The zero-order valence-electron chi connectivity index (χ0n) is 17.5. The molecular formula is C26H27BrFeNP. The van der Waals surface area contributed by atoms with Gasteiger partial charge in [0.15, 0.2) is 0 Å². The molecule has 0 aromatic heterocycles. The van der Waals surface area contributed by atoms with Crippen molar-refractivity contribution in [3.63, 3.8) is 0 Å². The molecule has 12 rings (SSSR count). The van der Waals surface area contributed by atoms with E-state index in [-0.39, 0.29) is 7.92 Å². The minimum atomic E-state index is -3.74. The van der Waals surface area contributed by atoms with Crippen LogP contribution in [0.4, 0.5) is 0 Å². The molecule has 0 radical (unpaired) electrons. The molecule has 10 fully saturated rings. The van der Waals surface area contributed by atoms with Crippen molar-refractivity contribution in [2.24, 2.45) is 0 Å². The van der Waals surface area contributed by atoms with E-state index in [1.165, 1.54) is 33.7 Å². The first-order valence-corrected chi connectivity index (χ1v) is 20.0. The molecule has 10 saturated heterocycles. The Balaban J connectivity index is 1.30. The van der Waals surface area contributed by atoms with Crippen LogP contribution in [-0.4, -0.2) is 32.3 Å². The van der Waals surface area contributed by atoms with Crippen molar-refractivity contribution in [1.82, 2.24) is 4.90 Å². The summed E-state index contributed by atoms with van der Waals surface area (Å²) in [6.45, 7) is -1.07. The van der Waals surface area contributed by atoms with E-state index in [1.807, 2.05) is 0 Å². The summed E-state index contributed by atoms with van der Waals surface area (Å²) in [4.78, 5) is 11.4. The standard InChI is InChI=1S/C21H23NP.C5H4Br.Fe/c1-17(22(2)3)20-15-10-16-21(20)23(18-11-6-4-7-12-18)19-13-8-5-9-14-19;6-5-3-1-2-4-5;/h4-17H,1-3H3;1-4H;/t17-;;/m1../s1. The van der Waals surface area contributed by atoms with Gasteiger partial charge in [-0.05, 0) is 0 Å². The predicted molar refractivity (Wildman–Crippen MR) is 126 cm³/mol. The number of hydrogen-bond acceptors (Lipinski definition) is 1. The van der Waals surface area contributed by atoms with Crippen LogP contribution in [0.3, 0.4) is 0 Å². The number of benzene rings is 2. The van der Waals surface area contributed by atoms with Gasteiger partial charge < -0.3 is 0 Å². The van der Waals surface area contributed by atoms with Crippen LogP contribution in [0, 0.1) is 0 Å². The number of hydrogen-bond donors (Lipinski definition) is 0. The third-order valence-electron chi connectivity index (χ3n) is 18.6. The summed E-state index contributed by atoms with van der Waals surface area (Å²) in [5.74, 6) is 0. The predicted octanol–water partition coefficient (Wildman–Crippen LogP) is 6.04. The maximum atomic E-state index is 4.73. The molecule has 30 heavy (non-hydrogen) atoms. The molecule has 0 amide bonds. The molecule has 10 heterocycles. The summed E-state index contributed by atoms with van der Waals surface area (Å²) >= 11 is 4.73. The van der Waals surface area contributed by atoms with Crippen molar-refractivity contribution in [2.45, 2.75) is 58.3 Å². The molecule has 0 saturated carbocycles. The van der Waals surface area contributed by atoms with Gasteiger partial charge in [0.05, 0.1) is 0 Å². The Morgan fingerprint density at radius 1 is 0.833 bits per heavy atom. The molecule has 4 heteroatoms. The van der Waals surface area contributed by atoms with Crippen LogP contribution >= 0.6 is 23.9 Å². The van der Waals surface area contributed by atoms with Crippen LogP contribution < -0.4 is 10.6 Å². The van der Waals surface area contributed by atoms with Gasteiger partial charge >= 0.3 is 179 Å². The van der Waals surface area contributed by atoms with Gasteiger partial charge in [0, 0.05) is 0 Å². The number of nitrogens with zero attached hydrogens (tertiary/aromatic N) is 1. The van der Waals surface area contributed by atoms with E-state index in [4.69, 9.17) is 15.9 Å². The number of halogens is 1. The van der Waals surface area contributed by atoms with E-state index >= 15 is 0 Å². The summed E-state index contributed by atoms with van der Waals surface area (Å²) in [6.07, 6.45) is 0. The monoisotopic (exact) mass is 519 g/mol. The van der Waals surface area contributed by atoms with Crippen molar-refractivity contribution in [2.75, 3.05) is 14.1 Å². The summed E-state index contributed by atoms with van der Waals surface area (Å²) in [7, 11) is 4.54. The van der Waals surface area contributed by atoms with Gasteiger partial charge in [0.25, 0.3) is 0 Å². The van der Waals surface area contributed by atoms with E-state index in [9.17, 15) is 0 Å². The van der Waals surface area contributed by atoms with Crippen LogP contribution in [0.2, 0.25) is 38.0 Å². The second-order valence-corrected chi connectivity index (χ2v) is 42.1. The van der Waals surface area contributed by atoms with Gasteiger partial charge in [-0.15, -0.1) is 0 Å². The quantitative estimate of drug-likeness (QED) is 0.264. The first kappa shape index (κ1) is 14.9. The second kappa shape index (κ2) is 1.89. The second-order valence-electron chi connectivity index (χ2n) is 14.4. The number of fused-ring (bicyclic) bond motifs is 10. The molecule has 0 bridgehead atoms. The van der Waals surface area contributed by atoms with Gasteiger partial charge in [0.2, 0.25) is 0 Å². The molecule has 0 aliphatic carbocycles. The van der Waals surface area contributed by atoms with Crippen molar-refractivity contribution >= 4 is 34.5 Å². The number of alkyl halides is 1. The maximum absolute atomic E-state index is 4.73. The summed E-state index contributed by atoms with van der Waals surface area (Å²) in [6, 6.07) is 24.6. The topological polar surface area (TPSA) is 3.24 Å². The van der Waals surface area contributed by atoms with Crippen LogP contribution in [0.5, 0.6) is 0 Å². The molecule has 1 nitrogen and oxygen atoms in total. The Kier molecular flexibility index (Phi) is 0.935. The molecule has 8 unspecified atom stereocenters. The summed E-state index contributed by atoms with van der Waals surface area (Å²) in [5, 5.41) is 3.40. The van der Waals surface area contributed by atoms with Crippen molar-refractivity contribution in [1.29, 1.82) is 0 Å². The fourth-order valence-electron chi connectivity index (χ4n) is 20.5.